The number of piperazine rings is 1. The Hall–Kier alpha value is -3.81. The number of hydrogen-bond donors (Lipinski definition) is 0. The molecule has 0 N–H and O–H groups in total. The summed E-state index contributed by atoms with van der Waals surface area (Å²) in [5.41, 5.74) is 5.04. The first-order valence-corrected chi connectivity index (χ1v) is 12.2. The van der Waals surface area contributed by atoms with Crippen LogP contribution in [0.4, 0.5) is 5.95 Å². The molecule has 0 spiro atoms. The van der Waals surface area contributed by atoms with E-state index in [1.807, 2.05) is 49.2 Å². The van der Waals surface area contributed by atoms with Crippen molar-refractivity contribution >= 4 is 33.9 Å². The van der Waals surface area contributed by atoms with Crippen LogP contribution in [0.3, 0.4) is 0 Å². The van der Waals surface area contributed by atoms with E-state index in [1.165, 1.54) is 0 Å². The van der Waals surface area contributed by atoms with Crippen LogP contribution in [0.25, 0.3) is 22.0 Å². The molecule has 35 heavy (non-hydrogen) atoms. The van der Waals surface area contributed by atoms with E-state index < -0.39 is 0 Å². The predicted octanol–water partition coefficient (Wildman–Crippen LogP) is 3.20. The fourth-order valence-electron chi connectivity index (χ4n) is 5.42. The molecule has 0 radical (unpaired) electrons. The first-order chi connectivity index (χ1) is 17.0. The highest BCUT2D eigenvalue weighted by molar-refractivity contribution is 5.89. The number of nitrogens with zero attached hydrogens (tertiary/aromatic N) is 4. The summed E-state index contributed by atoms with van der Waals surface area (Å²) < 4.78 is 13.8. The number of benzene rings is 2. The number of amides is 1. The van der Waals surface area contributed by atoms with E-state index in [9.17, 15) is 9.59 Å². The van der Waals surface area contributed by atoms with Crippen LogP contribution in [0.2, 0.25) is 0 Å². The van der Waals surface area contributed by atoms with Crippen LogP contribution in [0.15, 0.2) is 45.6 Å². The molecule has 1 aliphatic heterocycles. The van der Waals surface area contributed by atoms with Crippen LogP contribution in [0, 0.1) is 6.92 Å². The lowest BCUT2D eigenvalue weighted by molar-refractivity contribution is -0.133. The standard InChI is InChI=1S/C27H28N4O4/c1-17-14-22(25-18-6-5-7-19(18)26(33)35-23(25)15-17)34-16-24(32)30-10-12-31(13-11-30)27-28-20-8-3-4-9-21(20)29(27)2/h3-4,8-9,14-15H,5-7,10-13,16H2,1-2H3. The van der Waals surface area contributed by atoms with Crippen LogP contribution in [0.1, 0.15) is 23.1 Å². The Morgan fingerprint density at radius 1 is 1.09 bits per heavy atom. The highest BCUT2D eigenvalue weighted by atomic mass is 16.5. The summed E-state index contributed by atoms with van der Waals surface area (Å²) in [7, 11) is 2.03. The number of imidazole rings is 1. The van der Waals surface area contributed by atoms with Crippen molar-refractivity contribution in [3.63, 3.8) is 0 Å². The van der Waals surface area contributed by atoms with Crippen molar-refractivity contribution in [2.24, 2.45) is 7.05 Å². The van der Waals surface area contributed by atoms with Crippen LogP contribution in [0.5, 0.6) is 5.75 Å². The van der Waals surface area contributed by atoms with E-state index in [2.05, 4.69) is 15.5 Å². The van der Waals surface area contributed by atoms with Crippen molar-refractivity contribution in [3.8, 4) is 5.75 Å². The first-order valence-electron chi connectivity index (χ1n) is 12.2. The predicted molar refractivity (Wildman–Crippen MR) is 134 cm³/mol. The Labute approximate surface area is 202 Å². The molecule has 6 rings (SSSR count). The molecule has 2 aromatic heterocycles. The summed E-state index contributed by atoms with van der Waals surface area (Å²) in [6, 6.07) is 11.9. The van der Waals surface area contributed by atoms with Gasteiger partial charge in [0, 0.05) is 38.8 Å². The molecular formula is C27H28N4O4. The minimum Gasteiger partial charge on any atom is -0.483 e. The Morgan fingerprint density at radius 3 is 2.66 bits per heavy atom. The Morgan fingerprint density at radius 2 is 1.86 bits per heavy atom. The molecule has 2 aliphatic rings. The van der Waals surface area contributed by atoms with Crippen molar-refractivity contribution in [2.45, 2.75) is 26.2 Å². The van der Waals surface area contributed by atoms with Crippen LogP contribution in [-0.2, 0) is 24.7 Å². The van der Waals surface area contributed by atoms with E-state index in [1.54, 1.807) is 0 Å². The van der Waals surface area contributed by atoms with E-state index in [4.69, 9.17) is 14.1 Å². The molecule has 0 bridgehead atoms. The maximum absolute atomic E-state index is 13.0. The number of anilines is 1. The summed E-state index contributed by atoms with van der Waals surface area (Å²) in [4.78, 5) is 34.2. The molecule has 1 amide bonds. The quantitative estimate of drug-likeness (QED) is 0.425. The average Bonchev–Trinajstić information content (AvgIpc) is 3.48. The van der Waals surface area contributed by atoms with Crippen LogP contribution in [-0.4, -0.2) is 53.1 Å². The SMILES string of the molecule is Cc1cc(OCC(=O)N2CCN(c3nc4ccccc4n3C)CC2)c2c3c(c(=O)oc2c1)CCC3. The highest BCUT2D eigenvalue weighted by Gasteiger charge is 2.26. The molecule has 1 aliphatic carbocycles. The number of carbonyl (C=O) groups is 1. The van der Waals surface area contributed by atoms with Gasteiger partial charge in [-0.3, -0.25) is 4.79 Å². The van der Waals surface area contributed by atoms with Crippen molar-refractivity contribution in [1.82, 2.24) is 14.5 Å². The Bertz CT molecular complexity index is 1510. The molecule has 2 aromatic carbocycles. The van der Waals surface area contributed by atoms with Crippen molar-refractivity contribution < 1.29 is 13.9 Å². The molecular weight excluding hydrogens is 444 g/mol. The minimum absolute atomic E-state index is 0.0429. The summed E-state index contributed by atoms with van der Waals surface area (Å²) in [6.45, 7) is 4.55. The molecule has 0 saturated carbocycles. The molecule has 0 atom stereocenters. The van der Waals surface area contributed by atoms with Crippen molar-refractivity contribution in [3.05, 3.63) is 63.5 Å². The number of aromatic nitrogens is 2. The second-order valence-corrected chi connectivity index (χ2v) is 9.45. The lowest BCUT2D eigenvalue weighted by Crippen LogP contribution is -2.50. The number of rotatable bonds is 4. The zero-order valence-corrected chi connectivity index (χ0v) is 20.0. The maximum Gasteiger partial charge on any atom is 0.339 e. The van der Waals surface area contributed by atoms with Gasteiger partial charge in [-0.15, -0.1) is 0 Å². The maximum atomic E-state index is 13.0. The zero-order valence-electron chi connectivity index (χ0n) is 20.0. The fourth-order valence-corrected chi connectivity index (χ4v) is 5.42. The third-order valence-corrected chi connectivity index (χ3v) is 7.21. The fraction of sp³-hybridized carbons (Fsp3) is 0.370. The number of carbonyl (C=O) groups excluding carboxylic acids is 1. The lowest BCUT2D eigenvalue weighted by atomic mass is 10.0. The number of fused-ring (bicyclic) bond motifs is 4. The molecule has 1 fully saturated rings. The van der Waals surface area contributed by atoms with Crippen LogP contribution >= 0.6 is 0 Å². The zero-order chi connectivity index (χ0) is 24.1. The highest BCUT2D eigenvalue weighted by Crippen LogP contribution is 2.35. The van der Waals surface area contributed by atoms with Gasteiger partial charge in [0.05, 0.1) is 16.4 Å². The van der Waals surface area contributed by atoms with Gasteiger partial charge < -0.3 is 23.5 Å². The lowest BCUT2D eigenvalue weighted by Gasteiger charge is -2.35. The monoisotopic (exact) mass is 472 g/mol. The molecule has 8 heteroatoms. The van der Waals surface area contributed by atoms with E-state index in [-0.39, 0.29) is 18.1 Å². The topological polar surface area (TPSA) is 80.8 Å². The molecule has 0 unspecified atom stereocenters. The van der Waals surface area contributed by atoms with Gasteiger partial charge in [-0.05, 0) is 61.6 Å². The smallest absolute Gasteiger partial charge is 0.339 e. The third kappa shape index (κ3) is 3.73. The summed E-state index contributed by atoms with van der Waals surface area (Å²) in [6.07, 6.45) is 2.49. The van der Waals surface area contributed by atoms with E-state index >= 15 is 0 Å². The van der Waals surface area contributed by atoms with E-state index in [0.29, 0.717) is 24.4 Å². The number of aryl methyl sites for hydroxylation is 3. The van der Waals surface area contributed by atoms with Gasteiger partial charge in [-0.2, -0.15) is 0 Å². The number of hydrogen-bond acceptors (Lipinski definition) is 6. The number of para-hydroxylation sites is 2. The molecule has 180 valence electrons. The Balaban J connectivity index is 1.16. The van der Waals surface area contributed by atoms with Crippen molar-refractivity contribution in [1.29, 1.82) is 0 Å². The van der Waals surface area contributed by atoms with Gasteiger partial charge in [-0.1, -0.05) is 12.1 Å². The van der Waals surface area contributed by atoms with Gasteiger partial charge in [-0.25, -0.2) is 9.78 Å². The minimum atomic E-state index is -0.254. The van der Waals surface area contributed by atoms with Gasteiger partial charge in [0.1, 0.15) is 11.3 Å². The largest absolute Gasteiger partial charge is 0.483 e. The first kappa shape index (κ1) is 21.7. The molecule has 1 saturated heterocycles. The van der Waals surface area contributed by atoms with Gasteiger partial charge in [0.25, 0.3) is 5.91 Å². The average molecular weight is 473 g/mol. The molecule has 3 heterocycles. The van der Waals surface area contributed by atoms with Gasteiger partial charge in [0.2, 0.25) is 5.95 Å². The number of ether oxygens (including phenoxy) is 1. The Kier molecular flexibility index (Phi) is 5.24. The molecule has 4 aromatic rings. The van der Waals surface area contributed by atoms with Gasteiger partial charge >= 0.3 is 5.63 Å². The van der Waals surface area contributed by atoms with Crippen LogP contribution < -0.4 is 15.3 Å². The second kappa shape index (κ2) is 8.45. The summed E-state index contributed by atoms with van der Waals surface area (Å²) in [5.74, 6) is 1.50. The normalized spacial score (nSPS) is 15.7. The van der Waals surface area contributed by atoms with E-state index in [0.717, 1.165) is 71.4 Å². The summed E-state index contributed by atoms with van der Waals surface area (Å²) >= 11 is 0. The molecule has 8 nitrogen and oxygen atoms in total. The second-order valence-electron chi connectivity index (χ2n) is 9.45. The van der Waals surface area contributed by atoms with Crippen molar-refractivity contribution in [2.75, 3.05) is 37.7 Å². The van der Waals surface area contributed by atoms with Gasteiger partial charge in [0.15, 0.2) is 6.61 Å². The third-order valence-electron chi connectivity index (χ3n) is 7.21. The summed E-state index contributed by atoms with van der Waals surface area (Å²) in [5, 5.41) is 0.835.